The molecule has 2 aromatic heterocycles. The number of hydrogen-bond donors (Lipinski definition) is 1. The van der Waals surface area contributed by atoms with Crippen molar-refractivity contribution in [3.63, 3.8) is 0 Å². The van der Waals surface area contributed by atoms with Gasteiger partial charge in [-0.1, -0.05) is 117 Å². The Labute approximate surface area is 284 Å². The zero-order valence-corrected chi connectivity index (χ0v) is 30.9. The van der Waals surface area contributed by atoms with Crippen LogP contribution in [0.2, 0.25) is 10.2 Å². The van der Waals surface area contributed by atoms with Crippen LogP contribution in [0.4, 0.5) is 0 Å². The summed E-state index contributed by atoms with van der Waals surface area (Å²) in [7, 11) is 0. The number of benzene rings is 1. The summed E-state index contributed by atoms with van der Waals surface area (Å²) in [6.07, 6.45) is 6.54. The second kappa shape index (κ2) is 14.5. The molecule has 248 valence electrons. The third kappa shape index (κ3) is 8.16. The van der Waals surface area contributed by atoms with Gasteiger partial charge >= 0.3 is 5.97 Å². The molecule has 2 heterocycles. The summed E-state index contributed by atoms with van der Waals surface area (Å²) in [4.78, 5) is 31.7. The molecule has 0 spiro atoms. The first-order chi connectivity index (χ1) is 21.1. The number of nitrogens with one attached hydrogen (secondary N) is 1. The summed E-state index contributed by atoms with van der Waals surface area (Å²) in [6.45, 7) is 20.1. The summed E-state index contributed by atoms with van der Waals surface area (Å²) < 4.78 is 7.97. The van der Waals surface area contributed by atoms with Crippen molar-refractivity contribution in [2.24, 2.45) is 40.4 Å². The molecule has 1 aliphatic carbocycles. The molecule has 8 heteroatoms. The van der Waals surface area contributed by atoms with Crippen molar-refractivity contribution >= 4 is 46.6 Å². The molecular formula is C37H52Cl2N2O3S. The second-order valence-corrected chi connectivity index (χ2v) is 17.2. The smallest absolute Gasteiger partial charge is 0.315 e. The maximum atomic E-state index is 14.6. The molecule has 1 aromatic carbocycles. The molecule has 0 saturated heterocycles. The Morgan fingerprint density at radius 3 is 2.18 bits per heavy atom. The van der Waals surface area contributed by atoms with E-state index in [2.05, 4.69) is 67.3 Å². The van der Waals surface area contributed by atoms with Crippen molar-refractivity contribution in [1.29, 1.82) is 0 Å². The fourth-order valence-electron chi connectivity index (χ4n) is 7.14. The minimum atomic E-state index is -0.304. The Morgan fingerprint density at radius 1 is 1.04 bits per heavy atom. The van der Waals surface area contributed by atoms with Gasteiger partial charge < -0.3 is 9.72 Å². The summed E-state index contributed by atoms with van der Waals surface area (Å²) >= 11 is 14.9. The number of unbranched alkanes of at least 4 members (excludes halogenated alkanes) is 1. The predicted molar refractivity (Wildman–Crippen MR) is 191 cm³/mol. The molecule has 1 saturated carbocycles. The number of aromatic amines is 1. The lowest BCUT2D eigenvalue weighted by Crippen LogP contribution is -2.48. The maximum absolute atomic E-state index is 14.6. The molecule has 3 unspecified atom stereocenters. The van der Waals surface area contributed by atoms with Gasteiger partial charge in [0.05, 0.1) is 16.5 Å². The van der Waals surface area contributed by atoms with E-state index in [9.17, 15) is 9.59 Å². The average molecular weight is 676 g/mol. The topological polar surface area (TPSA) is 63.6 Å². The normalized spacial score (nSPS) is 21.7. The molecule has 4 rings (SSSR count). The van der Waals surface area contributed by atoms with Gasteiger partial charge in [0.2, 0.25) is 0 Å². The Hall–Kier alpha value is -1.89. The zero-order chi connectivity index (χ0) is 33.3. The van der Waals surface area contributed by atoms with E-state index in [1.807, 2.05) is 12.1 Å². The van der Waals surface area contributed by atoms with Crippen LogP contribution in [0.15, 0.2) is 40.2 Å². The van der Waals surface area contributed by atoms with Crippen molar-refractivity contribution in [2.75, 3.05) is 5.75 Å². The minimum absolute atomic E-state index is 0.0902. The lowest BCUT2D eigenvalue weighted by atomic mass is 9.55. The molecule has 1 N–H and O–H groups in total. The van der Waals surface area contributed by atoms with Crippen LogP contribution in [0.5, 0.6) is 5.75 Å². The lowest BCUT2D eigenvalue weighted by molar-refractivity contribution is -0.152. The maximum Gasteiger partial charge on any atom is 0.315 e. The quantitative estimate of drug-likeness (QED) is 0.132. The molecule has 0 aliphatic heterocycles. The Morgan fingerprint density at radius 2 is 1.64 bits per heavy atom. The van der Waals surface area contributed by atoms with E-state index >= 15 is 0 Å². The highest BCUT2D eigenvalue weighted by Crippen LogP contribution is 2.53. The highest BCUT2D eigenvalue weighted by molar-refractivity contribution is 7.99. The van der Waals surface area contributed by atoms with Gasteiger partial charge in [0.25, 0.3) is 5.56 Å². The summed E-state index contributed by atoms with van der Waals surface area (Å²) in [5.74, 6) is 1.98. The van der Waals surface area contributed by atoms with Crippen LogP contribution in [-0.4, -0.2) is 21.1 Å². The SMILES string of the molecule is CCCCC(CC)CSc1cc(=O)n2c(Cl)c(-c3ccc(Cl)cc3)c(OC(=O)C3C(C(C)(C)C)CC(C)CC3C(C)(C)C)c2[nH]1. The molecule has 1 fully saturated rings. The Balaban J connectivity index is 1.85. The van der Waals surface area contributed by atoms with E-state index < -0.39 is 0 Å². The van der Waals surface area contributed by atoms with E-state index in [1.165, 1.54) is 17.2 Å². The largest absolute Gasteiger partial charge is 0.422 e. The number of hydrogen-bond acceptors (Lipinski definition) is 4. The van der Waals surface area contributed by atoms with Crippen LogP contribution >= 0.6 is 35.0 Å². The number of rotatable bonds is 10. The van der Waals surface area contributed by atoms with Gasteiger partial charge in [-0.2, -0.15) is 0 Å². The van der Waals surface area contributed by atoms with Crippen molar-refractivity contribution in [3.05, 3.63) is 50.9 Å². The number of H-pyrrole nitrogens is 1. The van der Waals surface area contributed by atoms with Gasteiger partial charge in [-0.3, -0.25) is 9.59 Å². The predicted octanol–water partition coefficient (Wildman–Crippen LogP) is 11.2. The molecule has 0 radical (unpaired) electrons. The van der Waals surface area contributed by atoms with Crippen molar-refractivity contribution < 1.29 is 9.53 Å². The van der Waals surface area contributed by atoms with E-state index in [0.717, 1.165) is 42.0 Å². The van der Waals surface area contributed by atoms with Gasteiger partial charge in [-0.25, -0.2) is 4.40 Å². The van der Waals surface area contributed by atoms with E-state index in [1.54, 1.807) is 30.0 Å². The zero-order valence-electron chi connectivity index (χ0n) is 28.6. The minimum Gasteiger partial charge on any atom is -0.422 e. The molecule has 1 aliphatic rings. The van der Waals surface area contributed by atoms with E-state index in [-0.39, 0.29) is 45.3 Å². The Bertz CT molecular complexity index is 1510. The number of fused-ring (bicyclic) bond motifs is 1. The highest BCUT2D eigenvalue weighted by Gasteiger charge is 2.50. The fourth-order valence-corrected chi connectivity index (χ4v) is 8.80. The number of carbonyl (C=O) groups is 1. The van der Waals surface area contributed by atoms with E-state index in [0.29, 0.717) is 33.8 Å². The average Bonchev–Trinajstić information content (AvgIpc) is 3.23. The first-order valence-corrected chi connectivity index (χ1v) is 18.4. The van der Waals surface area contributed by atoms with Crippen molar-refractivity contribution in [3.8, 4) is 16.9 Å². The first-order valence-electron chi connectivity index (χ1n) is 16.6. The summed E-state index contributed by atoms with van der Waals surface area (Å²) in [5, 5.41) is 1.53. The molecule has 0 bridgehead atoms. The third-order valence-electron chi connectivity index (χ3n) is 9.81. The van der Waals surface area contributed by atoms with Crippen molar-refractivity contribution in [2.45, 2.75) is 106 Å². The van der Waals surface area contributed by atoms with Crippen LogP contribution < -0.4 is 10.3 Å². The summed E-state index contributed by atoms with van der Waals surface area (Å²) in [5.41, 5.74) is 1.19. The monoisotopic (exact) mass is 674 g/mol. The Kier molecular flexibility index (Phi) is 11.6. The molecule has 5 nitrogen and oxygen atoms in total. The number of thioether (sulfide) groups is 1. The fraction of sp³-hybridized carbons (Fsp3) is 0.622. The van der Waals surface area contributed by atoms with E-state index in [4.69, 9.17) is 27.9 Å². The number of esters is 1. The molecule has 3 atom stereocenters. The molecule has 3 aromatic rings. The van der Waals surface area contributed by atoms with Crippen LogP contribution in [0, 0.1) is 40.4 Å². The van der Waals surface area contributed by atoms with Crippen LogP contribution in [-0.2, 0) is 4.79 Å². The second-order valence-electron chi connectivity index (χ2n) is 15.4. The first kappa shape index (κ1) is 36.0. The van der Waals surface area contributed by atoms with Crippen LogP contribution in [0.1, 0.15) is 101 Å². The number of nitrogens with zero attached hydrogens (tertiary/aromatic N) is 1. The standard InChI is InChI=1S/C37H52Cl2N2O3S/c1-10-12-13-23(11-2)21-45-28-20-29(42)41-33(39)30(24-14-16-25(38)17-15-24)32(34(41)40-28)44-35(43)31-26(36(4,5)6)18-22(3)19-27(31)37(7,8)9/h14-17,20,22-23,26-27,31,40H,10-13,18-19,21H2,1-9H3. The van der Waals surface area contributed by atoms with Gasteiger partial charge in [0.15, 0.2) is 11.4 Å². The summed E-state index contributed by atoms with van der Waals surface area (Å²) in [6, 6.07) is 8.84. The number of aromatic nitrogens is 2. The molecule has 45 heavy (non-hydrogen) atoms. The number of halogens is 2. The molecular weight excluding hydrogens is 623 g/mol. The number of ether oxygens (including phenoxy) is 1. The number of carbonyl (C=O) groups excluding carboxylic acids is 1. The van der Waals surface area contributed by atoms with Crippen molar-refractivity contribution in [1.82, 2.24) is 9.38 Å². The third-order valence-corrected chi connectivity index (χ3v) is 11.6. The molecule has 0 amide bonds. The van der Waals surface area contributed by atoms with Crippen LogP contribution in [0.25, 0.3) is 16.8 Å². The van der Waals surface area contributed by atoms with Gasteiger partial charge in [-0.15, -0.1) is 11.8 Å². The highest BCUT2D eigenvalue weighted by atomic mass is 35.5. The lowest BCUT2D eigenvalue weighted by Gasteiger charge is -2.49. The van der Waals surface area contributed by atoms with Gasteiger partial charge in [0, 0.05) is 16.8 Å². The van der Waals surface area contributed by atoms with Crippen LogP contribution in [0.3, 0.4) is 0 Å². The van der Waals surface area contributed by atoms with Gasteiger partial charge in [-0.05, 0) is 71.5 Å². The van der Waals surface area contributed by atoms with Gasteiger partial charge in [0.1, 0.15) is 5.15 Å².